The van der Waals surface area contributed by atoms with Gasteiger partial charge in [-0.25, -0.2) is 0 Å². The van der Waals surface area contributed by atoms with Gasteiger partial charge in [0.05, 0.1) is 0 Å². The standard InChI is InChI=1S/C17H31NO/c1-4-6-7-8-9-10-11-12-13-14-17(19)18-15-16(3)5-2/h11-14,16H,4-10,15H2,1-3H3,(H,18,19)/t16-/m1/s1. The Kier molecular flexibility index (Phi) is 12.6. The topological polar surface area (TPSA) is 29.1 Å². The largest absolute Gasteiger partial charge is 0.352 e. The Balaban J connectivity index is 3.52. The van der Waals surface area contributed by atoms with E-state index in [4.69, 9.17) is 0 Å². The number of nitrogens with one attached hydrogen (secondary N) is 1. The molecule has 0 aromatic carbocycles. The summed E-state index contributed by atoms with van der Waals surface area (Å²) in [5.41, 5.74) is 0. The molecule has 0 bridgehead atoms. The summed E-state index contributed by atoms with van der Waals surface area (Å²) in [6.07, 6.45) is 16.3. The Morgan fingerprint density at radius 2 is 1.84 bits per heavy atom. The van der Waals surface area contributed by atoms with Crippen LogP contribution in [0.2, 0.25) is 0 Å². The minimum atomic E-state index is 0.00731. The van der Waals surface area contributed by atoms with Crippen LogP contribution in [0.25, 0.3) is 0 Å². The molecule has 0 aliphatic heterocycles. The normalized spacial score (nSPS) is 13.2. The third-order valence-electron chi connectivity index (χ3n) is 3.29. The van der Waals surface area contributed by atoms with Crippen molar-refractivity contribution in [3.05, 3.63) is 24.3 Å². The first-order valence-electron chi connectivity index (χ1n) is 7.81. The fourth-order valence-corrected chi connectivity index (χ4v) is 1.66. The minimum absolute atomic E-state index is 0.00731. The Labute approximate surface area is 119 Å². The van der Waals surface area contributed by atoms with Gasteiger partial charge >= 0.3 is 0 Å². The average molecular weight is 265 g/mol. The Bertz CT molecular complexity index is 268. The Morgan fingerprint density at radius 1 is 1.11 bits per heavy atom. The molecule has 19 heavy (non-hydrogen) atoms. The van der Waals surface area contributed by atoms with E-state index in [2.05, 4.69) is 32.2 Å². The van der Waals surface area contributed by atoms with Crippen molar-refractivity contribution < 1.29 is 4.79 Å². The predicted molar refractivity (Wildman–Crippen MR) is 84.1 cm³/mol. The van der Waals surface area contributed by atoms with Crippen molar-refractivity contribution in [3.8, 4) is 0 Å². The molecule has 0 aromatic heterocycles. The first-order valence-corrected chi connectivity index (χ1v) is 7.81. The lowest BCUT2D eigenvalue weighted by atomic mass is 10.1. The van der Waals surface area contributed by atoms with Crippen molar-refractivity contribution in [1.82, 2.24) is 5.32 Å². The van der Waals surface area contributed by atoms with Crippen molar-refractivity contribution in [2.24, 2.45) is 5.92 Å². The molecule has 0 fully saturated rings. The lowest BCUT2D eigenvalue weighted by Crippen LogP contribution is -2.26. The zero-order valence-electron chi connectivity index (χ0n) is 13.0. The molecule has 0 spiro atoms. The maximum Gasteiger partial charge on any atom is 0.243 e. The van der Waals surface area contributed by atoms with E-state index in [0.29, 0.717) is 5.92 Å². The van der Waals surface area contributed by atoms with Crippen LogP contribution in [0.5, 0.6) is 0 Å². The summed E-state index contributed by atoms with van der Waals surface area (Å²) in [4.78, 5) is 11.4. The van der Waals surface area contributed by atoms with Crippen molar-refractivity contribution in [2.75, 3.05) is 6.54 Å². The molecule has 1 N–H and O–H groups in total. The molecule has 2 nitrogen and oxygen atoms in total. The van der Waals surface area contributed by atoms with E-state index in [1.54, 1.807) is 6.08 Å². The summed E-state index contributed by atoms with van der Waals surface area (Å²) in [6, 6.07) is 0. The molecule has 1 amide bonds. The molecule has 0 rings (SSSR count). The number of hydrogen-bond donors (Lipinski definition) is 1. The molecule has 2 heteroatoms. The van der Waals surface area contributed by atoms with E-state index < -0.39 is 0 Å². The number of hydrogen-bond acceptors (Lipinski definition) is 1. The van der Waals surface area contributed by atoms with E-state index in [0.717, 1.165) is 19.4 Å². The Hall–Kier alpha value is -1.05. The summed E-state index contributed by atoms with van der Waals surface area (Å²) >= 11 is 0. The summed E-state index contributed by atoms with van der Waals surface area (Å²) in [5, 5.41) is 2.90. The maximum absolute atomic E-state index is 11.4. The number of allylic oxidation sites excluding steroid dienone is 3. The molecule has 0 radical (unpaired) electrons. The highest BCUT2D eigenvalue weighted by Gasteiger charge is 1.99. The Morgan fingerprint density at radius 3 is 2.53 bits per heavy atom. The second kappa shape index (κ2) is 13.4. The van der Waals surface area contributed by atoms with E-state index in [-0.39, 0.29) is 5.91 Å². The van der Waals surface area contributed by atoms with Gasteiger partial charge in [-0.05, 0) is 18.8 Å². The molecule has 0 aliphatic rings. The number of unbranched alkanes of at least 4 members (excludes halogenated alkanes) is 5. The lowest BCUT2D eigenvalue weighted by Gasteiger charge is -2.07. The molecule has 0 heterocycles. The van der Waals surface area contributed by atoms with Gasteiger partial charge in [0.2, 0.25) is 5.91 Å². The highest BCUT2D eigenvalue weighted by atomic mass is 16.1. The van der Waals surface area contributed by atoms with Gasteiger partial charge in [-0.2, -0.15) is 0 Å². The van der Waals surface area contributed by atoms with Gasteiger partial charge in [-0.1, -0.05) is 71.1 Å². The maximum atomic E-state index is 11.4. The van der Waals surface area contributed by atoms with E-state index in [1.807, 2.05) is 12.2 Å². The molecule has 1 atom stereocenters. The van der Waals surface area contributed by atoms with Crippen LogP contribution in [-0.4, -0.2) is 12.5 Å². The highest BCUT2D eigenvalue weighted by molar-refractivity contribution is 5.87. The van der Waals surface area contributed by atoms with Crippen LogP contribution in [0.15, 0.2) is 24.3 Å². The van der Waals surface area contributed by atoms with E-state index in [9.17, 15) is 4.79 Å². The van der Waals surface area contributed by atoms with Crippen molar-refractivity contribution in [1.29, 1.82) is 0 Å². The fraction of sp³-hybridized carbons (Fsp3) is 0.706. The molecular weight excluding hydrogens is 234 g/mol. The van der Waals surface area contributed by atoms with Crippen LogP contribution in [0.3, 0.4) is 0 Å². The summed E-state index contributed by atoms with van der Waals surface area (Å²) < 4.78 is 0. The summed E-state index contributed by atoms with van der Waals surface area (Å²) in [5.74, 6) is 0.559. The average Bonchev–Trinajstić information content (AvgIpc) is 2.42. The van der Waals surface area contributed by atoms with Crippen molar-refractivity contribution in [2.45, 2.75) is 65.7 Å². The molecule has 0 saturated heterocycles. The van der Waals surface area contributed by atoms with Crippen LogP contribution < -0.4 is 5.32 Å². The van der Waals surface area contributed by atoms with Gasteiger partial charge < -0.3 is 5.32 Å². The lowest BCUT2D eigenvalue weighted by molar-refractivity contribution is -0.116. The molecule has 0 aromatic rings. The molecule has 0 unspecified atom stereocenters. The third kappa shape index (κ3) is 13.2. The number of rotatable bonds is 11. The van der Waals surface area contributed by atoms with E-state index in [1.165, 1.54) is 32.1 Å². The summed E-state index contributed by atoms with van der Waals surface area (Å²) in [7, 11) is 0. The smallest absolute Gasteiger partial charge is 0.243 e. The molecule has 110 valence electrons. The van der Waals surface area contributed by atoms with E-state index >= 15 is 0 Å². The van der Waals surface area contributed by atoms with Gasteiger partial charge in [0.1, 0.15) is 0 Å². The molecular formula is C17H31NO. The predicted octanol–water partition coefficient (Wildman–Crippen LogP) is 4.62. The SMILES string of the molecule is CCCCCCCC=CC=CC(=O)NC[C@H](C)CC. The van der Waals surface area contributed by atoms with Crippen LogP contribution >= 0.6 is 0 Å². The van der Waals surface area contributed by atoms with Gasteiger partial charge in [0.15, 0.2) is 0 Å². The third-order valence-corrected chi connectivity index (χ3v) is 3.29. The zero-order chi connectivity index (χ0) is 14.3. The van der Waals surface area contributed by atoms with Crippen LogP contribution in [-0.2, 0) is 4.79 Å². The minimum Gasteiger partial charge on any atom is -0.352 e. The first-order chi connectivity index (χ1) is 9.20. The number of amides is 1. The molecule has 0 saturated carbocycles. The second-order valence-electron chi connectivity index (χ2n) is 5.25. The van der Waals surface area contributed by atoms with Crippen LogP contribution in [0.4, 0.5) is 0 Å². The van der Waals surface area contributed by atoms with Gasteiger partial charge in [-0.15, -0.1) is 0 Å². The van der Waals surface area contributed by atoms with Gasteiger partial charge in [-0.3, -0.25) is 4.79 Å². The number of carbonyl (C=O) groups excluding carboxylic acids is 1. The van der Waals surface area contributed by atoms with Gasteiger partial charge in [0, 0.05) is 12.6 Å². The number of carbonyl (C=O) groups is 1. The van der Waals surface area contributed by atoms with Crippen molar-refractivity contribution >= 4 is 5.91 Å². The zero-order valence-corrected chi connectivity index (χ0v) is 13.0. The highest BCUT2D eigenvalue weighted by Crippen LogP contribution is 2.05. The van der Waals surface area contributed by atoms with Crippen LogP contribution in [0.1, 0.15) is 65.7 Å². The summed E-state index contributed by atoms with van der Waals surface area (Å²) in [6.45, 7) is 7.27. The van der Waals surface area contributed by atoms with Gasteiger partial charge in [0.25, 0.3) is 0 Å². The van der Waals surface area contributed by atoms with Crippen LogP contribution in [0, 0.1) is 5.92 Å². The monoisotopic (exact) mass is 265 g/mol. The fourth-order valence-electron chi connectivity index (χ4n) is 1.66. The second-order valence-corrected chi connectivity index (χ2v) is 5.25. The molecule has 0 aliphatic carbocycles. The quantitative estimate of drug-likeness (QED) is 0.329. The first kappa shape index (κ1) is 17.9. The van der Waals surface area contributed by atoms with Crippen molar-refractivity contribution in [3.63, 3.8) is 0 Å².